The highest BCUT2D eigenvalue weighted by Crippen LogP contribution is 2.30. The predicted molar refractivity (Wildman–Crippen MR) is 323 cm³/mol. The minimum absolute atomic E-state index is 0.256. The maximum Gasteiger partial charge on any atom is 0.220 e. The van der Waals surface area contributed by atoms with Crippen LogP contribution in [0.3, 0.4) is 0 Å². The zero-order chi connectivity index (χ0) is 58.1. The smallest absolute Gasteiger partial charge is 0.220 e. The fourth-order valence-electron chi connectivity index (χ4n) is 11.0. The molecule has 0 aromatic rings. The first-order valence-electron chi connectivity index (χ1n) is 33.2. The summed E-state index contributed by atoms with van der Waals surface area (Å²) < 4.78 is 22.8. The molecular formula is C66H123NO13. The number of carbonyl (C=O) groups excluding carboxylic acids is 1. The van der Waals surface area contributed by atoms with Crippen molar-refractivity contribution in [1.82, 2.24) is 5.32 Å². The summed E-state index contributed by atoms with van der Waals surface area (Å²) in [6, 6.07) is -0.936. The topological polar surface area (TPSA) is 228 Å². The van der Waals surface area contributed by atoms with E-state index in [2.05, 4.69) is 43.5 Å². The number of hydrogen-bond donors (Lipinski definition) is 9. The van der Waals surface area contributed by atoms with E-state index in [0.29, 0.717) is 12.8 Å². The van der Waals surface area contributed by atoms with Crippen LogP contribution < -0.4 is 5.32 Å². The molecule has 0 aromatic carbocycles. The largest absolute Gasteiger partial charge is 0.394 e. The summed E-state index contributed by atoms with van der Waals surface area (Å²) in [5.74, 6) is -0.256. The minimum atomic E-state index is -1.79. The number of allylic oxidation sites excluding steroid dienone is 5. The molecule has 2 saturated heterocycles. The van der Waals surface area contributed by atoms with E-state index < -0.39 is 86.8 Å². The van der Waals surface area contributed by atoms with Crippen LogP contribution in [0.15, 0.2) is 36.5 Å². The predicted octanol–water partition coefficient (Wildman–Crippen LogP) is 12.6. The van der Waals surface area contributed by atoms with Crippen LogP contribution in [0.2, 0.25) is 0 Å². The van der Waals surface area contributed by atoms with E-state index >= 15 is 0 Å². The van der Waals surface area contributed by atoms with Crippen LogP contribution in [0.1, 0.15) is 284 Å². The second-order valence-corrected chi connectivity index (χ2v) is 23.6. The normalized spacial score (nSPS) is 24.4. The van der Waals surface area contributed by atoms with E-state index in [0.717, 1.165) is 51.4 Å². The molecule has 0 radical (unpaired) electrons. The van der Waals surface area contributed by atoms with Crippen molar-refractivity contribution in [2.24, 2.45) is 0 Å². The van der Waals surface area contributed by atoms with E-state index in [1.807, 2.05) is 6.08 Å². The lowest BCUT2D eigenvalue weighted by Gasteiger charge is -2.46. The minimum Gasteiger partial charge on any atom is -0.394 e. The molecule has 1 amide bonds. The lowest BCUT2D eigenvalue weighted by molar-refractivity contribution is -0.359. The van der Waals surface area contributed by atoms with Crippen LogP contribution in [0.5, 0.6) is 0 Å². The fourth-order valence-corrected chi connectivity index (χ4v) is 11.0. The molecule has 12 atom stereocenters. The highest BCUT2D eigenvalue weighted by Gasteiger charge is 2.51. The molecule has 0 aliphatic carbocycles. The molecule has 0 saturated carbocycles. The second-order valence-electron chi connectivity index (χ2n) is 23.6. The highest BCUT2D eigenvalue weighted by molar-refractivity contribution is 5.76. The van der Waals surface area contributed by atoms with E-state index in [1.165, 1.54) is 199 Å². The van der Waals surface area contributed by atoms with Gasteiger partial charge in [-0.3, -0.25) is 4.79 Å². The summed E-state index contributed by atoms with van der Waals surface area (Å²) in [5, 5.41) is 87.2. The Balaban J connectivity index is 1.69. The summed E-state index contributed by atoms with van der Waals surface area (Å²) in [6.45, 7) is 2.79. The number of carbonyl (C=O) groups is 1. The molecule has 470 valence electrons. The molecule has 14 heteroatoms. The first-order chi connectivity index (χ1) is 39.1. The lowest BCUT2D eigenvalue weighted by Crippen LogP contribution is -2.65. The van der Waals surface area contributed by atoms with Gasteiger partial charge in [-0.25, -0.2) is 0 Å². The van der Waals surface area contributed by atoms with Gasteiger partial charge in [-0.05, 0) is 57.8 Å². The van der Waals surface area contributed by atoms with Gasteiger partial charge in [0.25, 0.3) is 0 Å². The summed E-state index contributed by atoms with van der Waals surface area (Å²) >= 11 is 0. The van der Waals surface area contributed by atoms with Gasteiger partial charge in [0.2, 0.25) is 5.91 Å². The van der Waals surface area contributed by atoms with Gasteiger partial charge in [-0.1, -0.05) is 256 Å². The first-order valence-corrected chi connectivity index (χ1v) is 33.2. The summed E-state index contributed by atoms with van der Waals surface area (Å²) in [5.41, 5.74) is 0. The molecule has 2 fully saturated rings. The molecule has 2 rings (SSSR count). The van der Waals surface area contributed by atoms with Crippen molar-refractivity contribution >= 4 is 5.91 Å². The molecule has 2 aliphatic heterocycles. The van der Waals surface area contributed by atoms with Gasteiger partial charge in [-0.2, -0.15) is 0 Å². The Kier molecular flexibility index (Phi) is 47.9. The number of ether oxygens (including phenoxy) is 4. The van der Waals surface area contributed by atoms with Crippen LogP contribution >= 0.6 is 0 Å². The van der Waals surface area contributed by atoms with E-state index in [4.69, 9.17) is 18.9 Å². The molecular weight excluding hydrogens is 1010 g/mol. The number of aliphatic hydroxyl groups excluding tert-OH is 8. The third-order valence-corrected chi connectivity index (χ3v) is 16.3. The third-order valence-electron chi connectivity index (χ3n) is 16.3. The van der Waals surface area contributed by atoms with Gasteiger partial charge in [0.05, 0.1) is 32.0 Å². The molecule has 0 spiro atoms. The average Bonchev–Trinajstić information content (AvgIpc) is 3.46. The maximum absolute atomic E-state index is 13.2. The lowest BCUT2D eigenvalue weighted by atomic mass is 9.97. The van der Waals surface area contributed by atoms with Crippen molar-refractivity contribution in [3.8, 4) is 0 Å². The van der Waals surface area contributed by atoms with Gasteiger partial charge in [-0.15, -0.1) is 0 Å². The number of rotatable bonds is 54. The van der Waals surface area contributed by atoms with Gasteiger partial charge < -0.3 is 65.1 Å². The summed E-state index contributed by atoms with van der Waals surface area (Å²) in [7, 11) is 0. The number of unbranched alkanes of at least 4 members (excludes halogenated alkanes) is 37. The molecule has 0 bridgehead atoms. The molecule has 9 N–H and O–H groups in total. The second kappa shape index (κ2) is 51.6. The van der Waals surface area contributed by atoms with Gasteiger partial charge >= 0.3 is 0 Å². The zero-order valence-electron chi connectivity index (χ0n) is 50.8. The summed E-state index contributed by atoms with van der Waals surface area (Å²) in [6.07, 6.45) is 47.9. The molecule has 2 heterocycles. The molecule has 14 nitrogen and oxygen atoms in total. The molecule has 2 aliphatic rings. The van der Waals surface area contributed by atoms with Gasteiger partial charge in [0, 0.05) is 6.42 Å². The number of hydrogen-bond acceptors (Lipinski definition) is 13. The number of amides is 1. The molecule has 0 aromatic heterocycles. The first kappa shape index (κ1) is 74.3. The Morgan fingerprint density at radius 1 is 0.438 bits per heavy atom. The van der Waals surface area contributed by atoms with Crippen molar-refractivity contribution in [3.05, 3.63) is 36.5 Å². The number of nitrogens with one attached hydrogen (secondary N) is 1. The van der Waals surface area contributed by atoms with Crippen molar-refractivity contribution in [3.63, 3.8) is 0 Å². The van der Waals surface area contributed by atoms with Crippen LogP contribution in [-0.2, 0) is 23.7 Å². The Labute approximate surface area is 487 Å². The Hall–Kier alpha value is -1.79. The Morgan fingerprint density at radius 2 is 0.800 bits per heavy atom. The van der Waals surface area contributed by atoms with Crippen molar-refractivity contribution in [1.29, 1.82) is 0 Å². The average molecular weight is 1140 g/mol. The molecule has 12 unspecified atom stereocenters. The number of aliphatic hydroxyl groups is 8. The van der Waals surface area contributed by atoms with Crippen LogP contribution in [-0.4, -0.2) is 140 Å². The van der Waals surface area contributed by atoms with Crippen LogP contribution in [0, 0.1) is 0 Å². The zero-order valence-corrected chi connectivity index (χ0v) is 50.8. The summed E-state index contributed by atoms with van der Waals surface area (Å²) in [4.78, 5) is 13.2. The van der Waals surface area contributed by atoms with Crippen molar-refractivity contribution < 1.29 is 64.6 Å². The SMILES string of the molecule is CCCCCCCC/C=C\CCCCCCCC(=O)NC(COC1OC(CO)C(OC2OC(CO)C(O)C(O)C2O)C(O)C1O)C(O)/C=C/CC/C=C/CCCCCCCCCCCCCCCCCCCCCCCCCCC. The van der Waals surface area contributed by atoms with Crippen molar-refractivity contribution in [2.75, 3.05) is 19.8 Å². The quantitative estimate of drug-likeness (QED) is 0.0204. The van der Waals surface area contributed by atoms with Gasteiger partial charge in [0.15, 0.2) is 12.6 Å². The standard InChI is InChI=1S/C66H123NO13/c1-3-5-7-9-11-13-15-17-19-20-21-22-23-24-25-26-27-28-29-30-31-32-33-34-36-37-39-41-43-45-47-49-55(70)54(67-58(71)50-48-46-44-42-40-38-35-18-16-14-12-10-8-6-4-2)53-77-65-63(76)61(74)64(57(52-69)79-65)80-66-62(75)60(73)59(72)56(51-68)78-66/h18,35,39,41,47,49,54-57,59-66,68-70,72-76H,3-17,19-34,36-38,40,42-46,48,50-53H2,1-2H3,(H,67,71)/b35-18-,41-39+,49-47+. The van der Waals surface area contributed by atoms with Crippen molar-refractivity contribution in [2.45, 2.75) is 357 Å². The van der Waals surface area contributed by atoms with E-state index in [9.17, 15) is 45.6 Å². The van der Waals surface area contributed by atoms with E-state index in [-0.39, 0.29) is 18.9 Å². The Morgan fingerprint density at radius 3 is 1.23 bits per heavy atom. The van der Waals surface area contributed by atoms with Gasteiger partial charge in [0.1, 0.15) is 48.8 Å². The monoisotopic (exact) mass is 1140 g/mol. The highest BCUT2D eigenvalue weighted by atomic mass is 16.7. The third kappa shape index (κ3) is 36.1. The van der Waals surface area contributed by atoms with Crippen LogP contribution in [0.4, 0.5) is 0 Å². The van der Waals surface area contributed by atoms with Crippen LogP contribution in [0.25, 0.3) is 0 Å². The fraction of sp³-hybridized carbons (Fsp3) is 0.894. The maximum atomic E-state index is 13.2. The Bertz CT molecular complexity index is 1480. The molecule has 80 heavy (non-hydrogen) atoms. The van der Waals surface area contributed by atoms with E-state index in [1.54, 1.807) is 6.08 Å².